The van der Waals surface area contributed by atoms with E-state index in [2.05, 4.69) is 71.0 Å². The van der Waals surface area contributed by atoms with E-state index in [-0.39, 0.29) is 6.73 Å². The molecule has 192 valence electrons. The quantitative estimate of drug-likeness (QED) is 0.139. The van der Waals surface area contributed by atoms with Gasteiger partial charge in [0.05, 0.1) is 19.9 Å². The average molecular weight is 487 g/mol. The van der Waals surface area contributed by atoms with Crippen molar-refractivity contribution in [3.63, 3.8) is 0 Å². The van der Waals surface area contributed by atoms with Crippen LogP contribution in [-0.4, -0.2) is 23.7 Å². The molecule has 0 aromatic carbocycles. The van der Waals surface area contributed by atoms with Crippen molar-refractivity contribution >= 4 is 17.0 Å². The second-order valence-electron chi connectivity index (χ2n) is 7.95. The third-order valence-electron chi connectivity index (χ3n) is 5.27. The molecule has 5 nitrogen and oxygen atoms in total. The molecule has 0 amide bonds. The van der Waals surface area contributed by atoms with E-state index < -0.39 is 0 Å². The van der Waals surface area contributed by atoms with Crippen LogP contribution in [0.25, 0.3) is 11.1 Å². The number of ether oxygens (including phenoxy) is 1. The number of rotatable bonds is 8. The van der Waals surface area contributed by atoms with Crippen molar-refractivity contribution in [2.45, 2.75) is 54.0 Å². The molecule has 1 aromatic heterocycles. The number of aliphatic imine (C=N–C) groups is 1. The van der Waals surface area contributed by atoms with Crippen LogP contribution in [0, 0.1) is 0 Å². The van der Waals surface area contributed by atoms with E-state index in [0.717, 1.165) is 29.8 Å². The molecular weight excluding hydrogens is 444 g/mol. The summed E-state index contributed by atoms with van der Waals surface area (Å²) in [6, 6.07) is 4.35. The summed E-state index contributed by atoms with van der Waals surface area (Å²) in [5.74, 6) is 0.454. The summed E-state index contributed by atoms with van der Waals surface area (Å²) in [7, 11) is 0. The first-order chi connectivity index (χ1) is 17.5. The van der Waals surface area contributed by atoms with Crippen molar-refractivity contribution in [1.29, 1.82) is 0 Å². The SMILES string of the molecule is C/C=C(\C=C/COCN)c1ccc(C2=C(C)C=CCC2)n1CC1=C=C=CC(N)=N1.C/C=C\C.C=CC. The Kier molecular flexibility index (Phi) is 15.0. The predicted molar refractivity (Wildman–Crippen MR) is 156 cm³/mol. The first-order valence-electron chi connectivity index (χ1n) is 12.3. The molecule has 1 aromatic rings. The highest BCUT2D eigenvalue weighted by Gasteiger charge is 2.17. The normalized spacial score (nSPS) is 14.9. The van der Waals surface area contributed by atoms with Gasteiger partial charge in [0.25, 0.3) is 0 Å². The molecule has 0 atom stereocenters. The summed E-state index contributed by atoms with van der Waals surface area (Å²) in [5.41, 5.74) is 24.2. The van der Waals surface area contributed by atoms with Gasteiger partial charge < -0.3 is 20.8 Å². The highest BCUT2D eigenvalue weighted by atomic mass is 16.5. The van der Waals surface area contributed by atoms with Crippen LogP contribution < -0.4 is 11.5 Å². The van der Waals surface area contributed by atoms with Gasteiger partial charge in [-0.2, -0.15) is 0 Å². The molecule has 2 heterocycles. The largest absolute Gasteiger partial charge is 0.383 e. The molecule has 1 aliphatic heterocycles. The Hall–Kier alpha value is -3.59. The Morgan fingerprint density at radius 3 is 2.53 bits per heavy atom. The Balaban J connectivity index is 0.000000825. The minimum Gasteiger partial charge on any atom is -0.383 e. The Morgan fingerprint density at radius 1 is 1.22 bits per heavy atom. The summed E-state index contributed by atoms with van der Waals surface area (Å²) < 4.78 is 7.51. The van der Waals surface area contributed by atoms with Crippen molar-refractivity contribution in [2.24, 2.45) is 16.5 Å². The molecule has 0 spiro atoms. The maximum absolute atomic E-state index is 5.87. The van der Waals surface area contributed by atoms with Crippen molar-refractivity contribution < 1.29 is 4.74 Å². The maximum atomic E-state index is 5.87. The number of hydrogen-bond donors (Lipinski definition) is 2. The van der Waals surface area contributed by atoms with Crippen LogP contribution >= 0.6 is 0 Å². The number of hydrogen-bond acceptors (Lipinski definition) is 4. The highest BCUT2D eigenvalue weighted by molar-refractivity contribution is 5.92. The van der Waals surface area contributed by atoms with Crippen molar-refractivity contribution in [1.82, 2.24) is 4.57 Å². The fraction of sp³-hybridized carbons (Fsp3) is 0.323. The first-order valence-corrected chi connectivity index (χ1v) is 12.3. The molecular formula is C31H42N4O. The third-order valence-corrected chi connectivity index (χ3v) is 5.27. The van der Waals surface area contributed by atoms with E-state index in [1.54, 1.807) is 12.2 Å². The highest BCUT2D eigenvalue weighted by Crippen LogP contribution is 2.32. The number of amidine groups is 1. The van der Waals surface area contributed by atoms with Crippen molar-refractivity contribution in [2.75, 3.05) is 13.3 Å². The smallest absolute Gasteiger partial charge is 0.132 e. The first kappa shape index (κ1) is 30.4. The summed E-state index contributed by atoms with van der Waals surface area (Å²) in [4.78, 5) is 4.43. The molecule has 1 aliphatic carbocycles. The van der Waals surface area contributed by atoms with Gasteiger partial charge in [0.1, 0.15) is 11.5 Å². The Bertz CT molecular complexity index is 1140. The van der Waals surface area contributed by atoms with Gasteiger partial charge in [-0.1, -0.05) is 54.3 Å². The van der Waals surface area contributed by atoms with Gasteiger partial charge in [0.15, 0.2) is 0 Å². The van der Waals surface area contributed by atoms with E-state index in [9.17, 15) is 0 Å². The predicted octanol–water partition coefficient (Wildman–Crippen LogP) is 6.84. The van der Waals surface area contributed by atoms with Crippen LogP contribution in [-0.2, 0) is 11.3 Å². The minimum absolute atomic E-state index is 0.213. The maximum Gasteiger partial charge on any atom is 0.132 e. The fourth-order valence-corrected chi connectivity index (χ4v) is 3.54. The second-order valence-corrected chi connectivity index (χ2v) is 7.95. The number of allylic oxidation sites excluding steroid dienone is 11. The lowest BCUT2D eigenvalue weighted by Crippen LogP contribution is -2.13. The van der Waals surface area contributed by atoms with Gasteiger partial charge in [-0.3, -0.25) is 0 Å². The van der Waals surface area contributed by atoms with Gasteiger partial charge in [-0.05, 0) is 82.0 Å². The monoisotopic (exact) mass is 486 g/mol. The van der Waals surface area contributed by atoms with Crippen LogP contribution in [0.3, 0.4) is 0 Å². The zero-order chi connectivity index (χ0) is 26.8. The van der Waals surface area contributed by atoms with Crippen LogP contribution in [0.5, 0.6) is 0 Å². The molecule has 5 heteroatoms. The van der Waals surface area contributed by atoms with Gasteiger partial charge in [-0.25, -0.2) is 4.99 Å². The molecule has 0 radical (unpaired) electrons. The fourth-order valence-electron chi connectivity index (χ4n) is 3.54. The van der Waals surface area contributed by atoms with Crippen LogP contribution in [0.2, 0.25) is 0 Å². The van der Waals surface area contributed by atoms with E-state index >= 15 is 0 Å². The van der Waals surface area contributed by atoms with Crippen LogP contribution in [0.4, 0.5) is 0 Å². The Morgan fingerprint density at radius 2 is 1.94 bits per heavy atom. The summed E-state index contributed by atoms with van der Waals surface area (Å²) in [5, 5.41) is 0. The average Bonchev–Trinajstić information content (AvgIpc) is 3.28. The van der Waals surface area contributed by atoms with Crippen molar-refractivity contribution in [3.8, 4) is 0 Å². The molecule has 3 rings (SSSR count). The summed E-state index contributed by atoms with van der Waals surface area (Å²) in [6.45, 7) is 14.7. The topological polar surface area (TPSA) is 78.6 Å². The third kappa shape index (κ3) is 9.95. The molecule has 0 fully saturated rings. The van der Waals surface area contributed by atoms with E-state index in [0.29, 0.717) is 19.0 Å². The lowest BCUT2D eigenvalue weighted by molar-refractivity contribution is 0.170. The van der Waals surface area contributed by atoms with E-state index in [4.69, 9.17) is 16.2 Å². The second kappa shape index (κ2) is 17.8. The van der Waals surface area contributed by atoms with E-state index in [1.807, 2.05) is 45.9 Å². The molecule has 0 saturated carbocycles. The zero-order valence-electron chi connectivity index (χ0n) is 22.6. The van der Waals surface area contributed by atoms with E-state index in [1.165, 1.54) is 16.8 Å². The lowest BCUT2D eigenvalue weighted by Gasteiger charge is -2.19. The molecule has 0 unspecified atom stereocenters. The number of aromatic nitrogens is 1. The summed E-state index contributed by atoms with van der Waals surface area (Å²) >= 11 is 0. The van der Waals surface area contributed by atoms with Crippen LogP contribution in [0.1, 0.15) is 58.8 Å². The molecule has 2 aliphatic rings. The summed E-state index contributed by atoms with van der Waals surface area (Å²) in [6.07, 6.45) is 20.0. The Labute approximate surface area is 217 Å². The van der Waals surface area contributed by atoms with Gasteiger partial charge in [0.2, 0.25) is 0 Å². The van der Waals surface area contributed by atoms with Gasteiger partial charge in [0, 0.05) is 17.5 Å². The molecule has 4 N–H and O–H groups in total. The standard InChI is InChI=1S/C24H28N4O.C4H8.C3H6/c1-3-19(9-7-15-29-17-25)22-13-14-23(21-11-5-4-8-18(21)2)28(22)16-20-10-6-12-24(26)27-20;1-3-4-2;1-3-2/h3-4,7-9,12-14H,5,11,15-17,25H2,1-2H3,(H2,26,27);3-4H,1-2H3;3H,1H2,2H3/b9-7-,19-3+;4-3-;. The van der Waals surface area contributed by atoms with Crippen LogP contribution in [0.15, 0.2) is 101 Å². The number of nitrogens with zero attached hydrogens (tertiary/aromatic N) is 2. The minimum atomic E-state index is 0.213. The zero-order valence-corrected chi connectivity index (χ0v) is 22.6. The van der Waals surface area contributed by atoms with Gasteiger partial charge in [-0.15, -0.1) is 6.58 Å². The van der Waals surface area contributed by atoms with Gasteiger partial charge >= 0.3 is 0 Å². The molecule has 0 bridgehead atoms. The molecule has 0 saturated heterocycles. The lowest BCUT2D eigenvalue weighted by atomic mass is 9.96. The number of nitrogens with two attached hydrogens (primary N) is 2. The van der Waals surface area contributed by atoms with Crippen molar-refractivity contribution in [3.05, 3.63) is 108 Å². The molecule has 36 heavy (non-hydrogen) atoms.